The summed E-state index contributed by atoms with van der Waals surface area (Å²) in [7, 11) is 0. The standard InChI is InChI=1S/C18H28N2O2/c1-13-6-7-17(11-14(13)2)22-10-8-18(21)20-9-4-5-16(12-20)15(3)19/h6-7,11,15-16H,4-5,8-10,12,19H2,1-3H3/t15-,16+/m1/s1. The molecule has 1 aromatic rings. The molecule has 4 heteroatoms. The highest BCUT2D eigenvalue weighted by Gasteiger charge is 2.25. The molecule has 1 fully saturated rings. The Kier molecular flexibility index (Phi) is 5.83. The van der Waals surface area contributed by atoms with Gasteiger partial charge in [0.15, 0.2) is 0 Å². The second-order valence-electron chi connectivity index (χ2n) is 6.45. The summed E-state index contributed by atoms with van der Waals surface area (Å²) in [6.45, 7) is 8.25. The van der Waals surface area contributed by atoms with Crippen LogP contribution in [-0.2, 0) is 4.79 Å². The third-order valence-electron chi connectivity index (χ3n) is 4.62. The lowest BCUT2D eigenvalue weighted by Crippen LogP contribution is -2.45. The Hall–Kier alpha value is -1.55. The van der Waals surface area contributed by atoms with E-state index in [0.717, 1.165) is 31.7 Å². The lowest BCUT2D eigenvalue weighted by Gasteiger charge is -2.34. The highest BCUT2D eigenvalue weighted by Crippen LogP contribution is 2.20. The zero-order chi connectivity index (χ0) is 16.1. The van der Waals surface area contributed by atoms with Crippen LogP contribution >= 0.6 is 0 Å². The molecule has 1 heterocycles. The molecule has 0 saturated carbocycles. The van der Waals surface area contributed by atoms with Crippen molar-refractivity contribution >= 4 is 5.91 Å². The van der Waals surface area contributed by atoms with E-state index >= 15 is 0 Å². The first-order chi connectivity index (χ1) is 10.5. The number of aryl methyl sites for hydroxylation is 2. The number of benzene rings is 1. The number of amides is 1. The number of carbonyl (C=O) groups is 1. The van der Waals surface area contributed by atoms with Crippen molar-refractivity contribution in [1.82, 2.24) is 4.90 Å². The SMILES string of the molecule is Cc1ccc(OCCC(=O)N2CCC[C@H]([C@@H](C)N)C2)cc1C. The normalized spacial score (nSPS) is 19.8. The minimum absolute atomic E-state index is 0.155. The van der Waals surface area contributed by atoms with E-state index in [1.807, 2.05) is 30.0 Å². The first-order valence-electron chi connectivity index (χ1n) is 8.21. The van der Waals surface area contributed by atoms with Crippen molar-refractivity contribution in [2.24, 2.45) is 11.7 Å². The maximum Gasteiger partial charge on any atom is 0.226 e. The molecule has 1 aromatic carbocycles. The number of piperidine rings is 1. The van der Waals surface area contributed by atoms with Crippen LogP contribution in [0.25, 0.3) is 0 Å². The van der Waals surface area contributed by atoms with Crippen LogP contribution in [0.3, 0.4) is 0 Å². The van der Waals surface area contributed by atoms with Gasteiger partial charge in [-0.3, -0.25) is 4.79 Å². The smallest absolute Gasteiger partial charge is 0.226 e. The first kappa shape index (κ1) is 16.8. The molecule has 2 rings (SSSR count). The topological polar surface area (TPSA) is 55.6 Å². The minimum Gasteiger partial charge on any atom is -0.493 e. The molecule has 4 nitrogen and oxygen atoms in total. The number of nitrogens with two attached hydrogens (primary N) is 1. The second kappa shape index (κ2) is 7.63. The molecule has 0 aromatic heterocycles. The van der Waals surface area contributed by atoms with E-state index in [4.69, 9.17) is 10.5 Å². The van der Waals surface area contributed by atoms with Gasteiger partial charge in [0.1, 0.15) is 5.75 Å². The number of hydrogen-bond donors (Lipinski definition) is 1. The Bertz CT molecular complexity index is 514. The van der Waals surface area contributed by atoms with Crippen molar-refractivity contribution in [2.45, 2.75) is 46.1 Å². The van der Waals surface area contributed by atoms with Crippen molar-refractivity contribution in [3.05, 3.63) is 29.3 Å². The zero-order valence-corrected chi connectivity index (χ0v) is 14.0. The van der Waals surface area contributed by atoms with Gasteiger partial charge in [0.25, 0.3) is 0 Å². The molecular formula is C18H28N2O2. The molecule has 1 amide bonds. The van der Waals surface area contributed by atoms with Crippen molar-refractivity contribution in [1.29, 1.82) is 0 Å². The van der Waals surface area contributed by atoms with Crippen LogP contribution in [-0.4, -0.2) is 36.5 Å². The predicted molar refractivity (Wildman–Crippen MR) is 89.0 cm³/mol. The number of hydrogen-bond acceptors (Lipinski definition) is 3. The molecule has 122 valence electrons. The molecule has 0 aliphatic carbocycles. The summed E-state index contributed by atoms with van der Waals surface area (Å²) < 4.78 is 5.71. The van der Waals surface area contributed by atoms with Gasteiger partial charge in [-0.25, -0.2) is 0 Å². The van der Waals surface area contributed by atoms with Crippen molar-refractivity contribution in [3.63, 3.8) is 0 Å². The highest BCUT2D eigenvalue weighted by molar-refractivity contribution is 5.76. The number of nitrogens with zero attached hydrogens (tertiary/aromatic N) is 1. The fraction of sp³-hybridized carbons (Fsp3) is 0.611. The predicted octanol–water partition coefficient (Wildman–Crippen LogP) is 2.66. The van der Waals surface area contributed by atoms with E-state index in [1.165, 1.54) is 11.1 Å². The average molecular weight is 304 g/mol. The fourth-order valence-electron chi connectivity index (χ4n) is 2.88. The van der Waals surface area contributed by atoms with E-state index in [1.54, 1.807) is 0 Å². The molecule has 0 unspecified atom stereocenters. The van der Waals surface area contributed by atoms with Gasteiger partial charge >= 0.3 is 0 Å². The third kappa shape index (κ3) is 4.47. The molecule has 0 bridgehead atoms. The summed E-state index contributed by atoms with van der Waals surface area (Å²) in [5, 5.41) is 0. The van der Waals surface area contributed by atoms with E-state index < -0.39 is 0 Å². The summed E-state index contributed by atoms with van der Waals surface area (Å²) in [5.41, 5.74) is 8.43. The van der Waals surface area contributed by atoms with Gasteiger partial charge < -0.3 is 15.4 Å². The van der Waals surface area contributed by atoms with Crippen LogP contribution < -0.4 is 10.5 Å². The van der Waals surface area contributed by atoms with E-state index in [-0.39, 0.29) is 11.9 Å². The van der Waals surface area contributed by atoms with E-state index in [9.17, 15) is 4.79 Å². The van der Waals surface area contributed by atoms with Gasteiger partial charge in [0, 0.05) is 19.1 Å². The summed E-state index contributed by atoms with van der Waals surface area (Å²) in [4.78, 5) is 14.2. The fourth-order valence-corrected chi connectivity index (χ4v) is 2.88. The second-order valence-corrected chi connectivity index (χ2v) is 6.45. The van der Waals surface area contributed by atoms with E-state index in [2.05, 4.69) is 13.8 Å². The highest BCUT2D eigenvalue weighted by atomic mass is 16.5. The number of ether oxygens (including phenoxy) is 1. The molecule has 0 spiro atoms. The van der Waals surface area contributed by atoms with Crippen LogP contribution in [0, 0.1) is 19.8 Å². The monoisotopic (exact) mass is 304 g/mol. The molecule has 1 saturated heterocycles. The Morgan fingerprint density at radius 1 is 1.41 bits per heavy atom. The summed E-state index contributed by atoms with van der Waals surface area (Å²) in [6.07, 6.45) is 2.61. The molecule has 0 radical (unpaired) electrons. The first-order valence-corrected chi connectivity index (χ1v) is 8.21. The maximum absolute atomic E-state index is 12.3. The lowest BCUT2D eigenvalue weighted by molar-refractivity contribution is -0.133. The minimum atomic E-state index is 0.155. The van der Waals surface area contributed by atoms with Gasteiger partial charge in [0.2, 0.25) is 5.91 Å². The van der Waals surface area contributed by atoms with Crippen LogP contribution in [0.2, 0.25) is 0 Å². The third-order valence-corrected chi connectivity index (χ3v) is 4.62. The van der Waals surface area contributed by atoms with Gasteiger partial charge in [-0.05, 0) is 62.8 Å². The average Bonchev–Trinajstić information content (AvgIpc) is 2.51. The zero-order valence-electron chi connectivity index (χ0n) is 14.0. The molecule has 22 heavy (non-hydrogen) atoms. The van der Waals surface area contributed by atoms with Gasteiger partial charge in [-0.15, -0.1) is 0 Å². The summed E-state index contributed by atoms with van der Waals surface area (Å²) in [6, 6.07) is 6.18. The quantitative estimate of drug-likeness (QED) is 0.910. The van der Waals surface area contributed by atoms with E-state index in [0.29, 0.717) is 18.9 Å². The molecule has 1 aliphatic heterocycles. The Morgan fingerprint density at radius 3 is 2.86 bits per heavy atom. The number of carbonyl (C=O) groups excluding carboxylic acids is 1. The lowest BCUT2D eigenvalue weighted by atomic mass is 9.92. The maximum atomic E-state index is 12.3. The molecule has 2 atom stereocenters. The van der Waals surface area contributed by atoms with Gasteiger partial charge in [-0.1, -0.05) is 6.07 Å². The summed E-state index contributed by atoms with van der Waals surface area (Å²) in [5.74, 6) is 1.44. The van der Waals surface area contributed by atoms with Gasteiger partial charge in [0.05, 0.1) is 13.0 Å². The van der Waals surface area contributed by atoms with Crippen molar-refractivity contribution in [2.75, 3.05) is 19.7 Å². The van der Waals surface area contributed by atoms with Crippen LogP contribution in [0.15, 0.2) is 18.2 Å². The molecular weight excluding hydrogens is 276 g/mol. The summed E-state index contributed by atoms with van der Waals surface area (Å²) >= 11 is 0. The number of likely N-dealkylation sites (tertiary alicyclic amines) is 1. The molecule has 2 N–H and O–H groups in total. The van der Waals surface area contributed by atoms with Crippen LogP contribution in [0.4, 0.5) is 0 Å². The molecule has 1 aliphatic rings. The van der Waals surface area contributed by atoms with Crippen LogP contribution in [0.1, 0.15) is 37.3 Å². The number of rotatable bonds is 5. The Morgan fingerprint density at radius 2 is 2.18 bits per heavy atom. The van der Waals surface area contributed by atoms with Crippen molar-refractivity contribution < 1.29 is 9.53 Å². The largest absolute Gasteiger partial charge is 0.493 e. The van der Waals surface area contributed by atoms with Crippen molar-refractivity contribution in [3.8, 4) is 5.75 Å². The van der Waals surface area contributed by atoms with Gasteiger partial charge in [-0.2, -0.15) is 0 Å². The Labute approximate surface area is 133 Å². The van der Waals surface area contributed by atoms with Crippen LogP contribution in [0.5, 0.6) is 5.75 Å². The Balaban J connectivity index is 1.78.